The molecule has 0 saturated carbocycles. The van der Waals surface area contributed by atoms with Crippen LogP contribution < -0.4 is 0 Å². The van der Waals surface area contributed by atoms with E-state index in [1.54, 1.807) is 25.7 Å². The molecule has 0 aliphatic carbocycles. The molecule has 2 aromatic rings. The summed E-state index contributed by atoms with van der Waals surface area (Å²) in [7, 11) is 1.69. The number of aryl methyl sites for hydroxylation is 1. The third-order valence-corrected chi connectivity index (χ3v) is 2.73. The van der Waals surface area contributed by atoms with Crippen molar-refractivity contribution in [2.75, 3.05) is 13.7 Å². The Morgan fingerprint density at radius 1 is 1.21 bits per heavy atom. The quantitative estimate of drug-likeness (QED) is 0.771. The number of rotatable bonds is 5. The molecule has 0 radical (unpaired) electrons. The highest BCUT2D eigenvalue weighted by atomic mass is 16.5. The van der Waals surface area contributed by atoms with E-state index in [2.05, 4.69) is 15.0 Å². The van der Waals surface area contributed by atoms with Crippen molar-refractivity contribution in [3.63, 3.8) is 0 Å². The topological polar surface area (TPSA) is 47.4 Å². The highest BCUT2D eigenvalue weighted by Crippen LogP contribution is 2.16. The van der Waals surface area contributed by atoms with Crippen molar-refractivity contribution in [1.29, 1.82) is 0 Å². The molecule has 1 atom stereocenters. The first-order chi connectivity index (χ1) is 9.29. The molecule has 0 aliphatic heterocycles. The van der Waals surface area contributed by atoms with Crippen LogP contribution >= 0.6 is 0 Å². The third-order valence-electron chi connectivity index (χ3n) is 2.73. The zero-order chi connectivity index (χ0) is 13.5. The number of hydrogen-bond donors (Lipinski definition) is 0. The van der Waals surface area contributed by atoms with Gasteiger partial charge >= 0.3 is 0 Å². The van der Waals surface area contributed by atoms with E-state index in [9.17, 15) is 0 Å². The van der Waals surface area contributed by atoms with E-state index in [-0.39, 0.29) is 6.10 Å². The Morgan fingerprint density at radius 2 is 1.89 bits per heavy atom. The van der Waals surface area contributed by atoms with E-state index < -0.39 is 0 Å². The molecule has 0 amide bonds. The maximum absolute atomic E-state index is 5.44. The normalized spacial score (nSPS) is 12.7. The van der Waals surface area contributed by atoms with Gasteiger partial charge in [0.2, 0.25) is 0 Å². The number of ether oxygens (including phenoxy) is 1. The summed E-state index contributed by atoms with van der Waals surface area (Å²) >= 11 is 0. The number of benzene rings is 1. The molecule has 19 heavy (non-hydrogen) atoms. The van der Waals surface area contributed by atoms with E-state index in [0.717, 1.165) is 11.1 Å². The largest absolute Gasteiger partial charge is 0.375 e. The second-order valence-electron chi connectivity index (χ2n) is 4.25. The average molecular weight is 255 g/mol. The monoisotopic (exact) mass is 255 g/mol. The van der Waals surface area contributed by atoms with Gasteiger partial charge in [-0.15, -0.1) is 0 Å². The number of aromatic nitrogens is 2. The summed E-state index contributed by atoms with van der Waals surface area (Å²) in [5.74, 6) is 0.619. The van der Waals surface area contributed by atoms with Gasteiger partial charge in [-0.3, -0.25) is 4.99 Å². The van der Waals surface area contributed by atoms with Crippen LogP contribution in [-0.4, -0.2) is 29.8 Å². The minimum absolute atomic E-state index is 0.0390. The van der Waals surface area contributed by atoms with Gasteiger partial charge in [0.1, 0.15) is 6.10 Å². The summed E-state index contributed by atoms with van der Waals surface area (Å²) in [6, 6.07) is 10.0. The van der Waals surface area contributed by atoms with Gasteiger partial charge in [0.25, 0.3) is 0 Å². The first kappa shape index (κ1) is 13.4. The van der Waals surface area contributed by atoms with Crippen LogP contribution in [0.3, 0.4) is 0 Å². The molecule has 1 aromatic heterocycles. The van der Waals surface area contributed by atoms with Crippen LogP contribution in [0.2, 0.25) is 0 Å². The highest BCUT2D eigenvalue weighted by molar-refractivity contribution is 5.74. The average Bonchev–Trinajstić information content (AvgIpc) is 2.46. The molecule has 0 aliphatic rings. The lowest BCUT2D eigenvalue weighted by molar-refractivity contribution is 0.111. The van der Waals surface area contributed by atoms with Crippen molar-refractivity contribution < 1.29 is 4.74 Å². The highest BCUT2D eigenvalue weighted by Gasteiger charge is 2.08. The Hall–Kier alpha value is -2.07. The van der Waals surface area contributed by atoms with E-state index in [1.165, 1.54) is 0 Å². The molecule has 0 N–H and O–H groups in total. The zero-order valence-electron chi connectivity index (χ0n) is 11.2. The maximum atomic E-state index is 5.44. The summed E-state index contributed by atoms with van der Waals surface area (Å²) in [6.45, 7) is 2.51. The lowest BCUT2D eigenvalue weighted by Crippen LogP contribution is -2.05. The minimum atomic E-state index is -0.0390. The number of hydrogen-bond acceptors (Lipinski definition) is 4. The third kappa shape index (κ3) is 3.96. The molecule has 98 valence electrons. The Kier molecular flexibility index (Phi) is 4.75. The van der Waals surface area contributed by atoms with Crippen LogP contribution in [0.25, 0.3) is 0 Å². The predicted molar refractivity (Wildman–Crippen MR) is 75.4 cm³/mol. The summed E-state index contributed by atoms with van der Waals surface area (Å²) in [4.78, 5) is 12.7. The molecule has 1 unspecified atom stereocenters. The maximum Gasteiger partial charge on any atom is 0.170 e. The molecular formula is C15H17N3O. The molecule has 0 fully saturated rings. The Bertz CT molecular complexity index is 523. The fraction of sp³-hybridized carbons (Fsp3) is 0.267. The Morgan fingerprint density at radius 3 is 2.53 bits per heavy atom. The van der Waals surface area contributed by atoms with Crippen molar-refractivity contribution in [1.82, 2.24) is 9.97 Å². The number of methoxy groups -OCH3 is 1. The lowest BCUT2D eigenvalue weighted by Gasteiger charge is -2.12. The van der Waals surface area contributed by atoms with Gasteiger partial charge in [0.05, 0.1) is 12.8 Å². The Balaban J connectivity index is 1.98. The van der Waals surface area contributed by atoms with E-state index in [1.807, 2.05) is 37.3 Å². The van der Waals surface area contributed by atoms with Crippen molar-refractivity contribution in [2.45, 2.75) is 13.0 Å². The van der Waals surface area contributed by atoms with Gasteiger partial charge in [-0.25, -0.2) is 9.97 Å². The van der Waals surface area contributed by atoms with E-state index in [0.29, 0.717) is 12.4 Å². The molecule has 4 heteroatoms. The molecule has 1 aromatic carbocycles. The van der Waals surface area contributed by atoms with Crippen molar-refractivity contribution in [2.24, 2.45) is 4.99 Å². The first-order valence-corrected chi connectivity index (χ1v) is 6.16. The van der Waals surface area contributed by atoms with Crippen LogP contribution in [0.1, 0.15) is 23.1 Å². The number of aliphatic imine (C=N–C) groups is 1. The van der Waals surface area contributed by atoms with Crippen molar-refractivity contribution in [3.8, 4) is 0 Å². The number of nitrogens with zero attached hydrogens (tertiary/aromatic N) is 3. The van der Waals surface area contributed by atoms with Gasteiger partial charge in [0, 0.05) is 19.5 Å². The summed E-state index contributed by atoms with van der Waals surface area (Å²) in [5, 5.41) is 0. The van der Waals surface area contributed by atoms with Crippen LogP contribution in [-0.2, 0) is 4.74 Å². The smallest absolute Gasteiger partial charge is 0.170 e. The minimum Gasteiger partial charge on any atom is -0.375 e. The molecule has 2 rings (SSSR count). The van der Waals surface area contributed by atoms with Crippen LogP contribution in [0.5, 0.6) is 0 Å². The van der Waals surface area contributed by atoms with Crippen LogP contribution in [0, 0.1) is 6.92 Å². The molecule has 0 bridgehead atoms. The Labute approximate surface area is 113 Å². The molecular weight excluding hydrogens is 238 g/mol. The second-order valence-corrected chi connectivity index (χ2v) is 4.25. The molecule has 1 heterocycles. The fourth-order valence-corrected chi connectivity index (χ4v) is 1.68. The van der Waals surface area contributed by atoms with Crippen molar-refractivity contribution >= 4 is 6.21 Å². The standard InChI is InChI=1S/C15H17N3O/c1-12-8-17-15(18-9-12)11-16-10-14(19-2)13-6-4-3-5-7-13/h3-9,11,14H,10H2,1-2H3. The summed E-state index contributed by atoms with van der Waals surface area (Å²) in [6.07, 6.45) is 5.19. The van der Waals surface area contributed by atoms with Gasteiger partial charge in [0.15, 0.2) is 5.82 Å². The fourth-order valence-electron chi connectivity index (χ4n) is 1.68. The van der Waals surface area contributed by atoms with E-state index >= 15 is 0 Å². The van der Waals surface area contributed by atoms with Gasteiger partial charge in [-0.05, 0) is 18.1 Å². The second kappa shape index (κ2) is 6.75. The van der Waals surface area contributed by atoms with Crippen LogP contribution in [0.15, 0.2) is 47.7 Å². The summed E-state index contributed by atoms with van der Waals surface area (Å²) in [5.41, 5.74) is 2.16. The molecule has 0 spiro atoms. The van der Waals surface area contributed by atoms with E-state index in [4.69, 9.17) is 4.74 Å². The lowest BCUT2D eigenvalue weighted by atomic mass is 10.1. The predicted octanol–water partition coefficient (Wildman–Crippen LogP) is 2.59. The van der Waals surface area contributed by atoms with Crippen molar-refractivity contribution in [3.05, 3.63) is 59.7 Å². The zero-order valence-corrected chi connectivity index (χ0v) is 11.2. The van der Waals surface area contributed by atoms with Gasteiger partial charge in [-0.2, -0.15) is 0 Å². The van der Waals surface area contributed by atoms with Gasteiger partial charge < -0.3 is 4.74 Å². The van der Waals surface area contributed by atoms with Gasteiger partial charge in [-0.1, -0.05) is 30.3 Å². The van der Waals surface area contributed by atoms with Crippen LogP contribution in [0.4, 0.5) is 0 Å². The summed E-state index contributed by atoms with van der Waals surface area (Å²) < 4.78 is 5.44. The molecule has 0 saturated heterocycles. The first-order valence-electron chi connectivity index (χ1n) is 6.16. The molecule has 4 nitrogen and oxygen atoms in total. The SMILES string of the molecule is COC(CN=Cc1ncc(C)cn1)c1ccccc1.